The summed E-state index contributed by atoms with van der Waals surface area (Å²) in [6, 6.07) is 4.01. The zero-order valence-electron chi connectivity index (χ0n) is 11.9. The molecule has 3 rings (SSSR count). The van der Waals surface area contributed by atoms with E-state index >= 15 is 0 Å². The molecule has 0 spiro atoms. The molecule has 3 heterocycles. The SMILES string of the molecule is Cc1nn(C)c(N2CCOC(c3cccs3)C2)c1[N+](=O)[O-]. The molecule has 0 aromatic carbocycles. The minimum absolute atomic E-state index is 0.0476. The number of nitro groups is 1. The first kappa shape index (κ1) is 14.0. The Balaban J connectivity index is 1.92. The summed E-state index contributed by atoms with van der Waals surface area (Å²) >= 11 is 1.64. The Bertz CT molecular complexity index is 653. The summed E-state index contributed by atoms with van der Waals surface area (Å²) < 4.78 is 7.38. The van der Waals surface area contributed by atoms with E-state index < -0.39 is 0 Å². The van der Waals surface area contributed by atoms with E-state index in [1.54, 1.807) is 30.0 Å². The van der Waals surface area contributed by atoms with Crippen LogP contribution in [0, 0.1) is 17.0 Å². The lowest BCUT2D eigenvalue weighted by Gasteiger charge is -2.33. The first-order valence-electron chi connectivity index (χ1n) is 6.66. The summed E-state index contributed by atoms with van der Waals surface area (Å²) in [6.07, 6.45) is -0.0476. The van der Waals surface area contributed by atoms with Gasteiger partial charge in [-0.15, -0.1) is 11.3 Å². The Morgan fingerprint density at radius 3 is 3.05 bits per heavy atom. The van der Waals surface area contributed by atoms with Crippen molar-refractivity contribution in [2.45, 2.75) is 13.0 Å². The molecule has 1 unspecified atom stereocenters. The number of hydrogen-bond donors (Lipinski definition) is 0. The molecule has 0 radical (unpaired) electrons. The van der Waals surface area contributed by atoms with Gasteiger partial charge in [0.1, 0.15) is 11.8 Å². The molecule has 0 aliphatic carbocycles. The maximum atomic E-state index is 11.3. The lowest BCUT2D eigenvalue weighted by Crippen LogP contribution is -2.39. The molecular formula is C13H16N4O3S. The fourth-order valence-corrected chi connectivity index (χ4v) is 3.46. The molecule has 1 aliphatic rings. The number of morpholine rings is 1. The van der Waals surface area contributed by atoms with Crippen LogP contribution >= 0.6 is 11.3 Å². The van der Waals surface area contributed by atoms with E-state index in [4.69, 9.17) is 4.74 Å². The van der Waals surface area contributed by atoms with Gasteiger partial charge in [0.05, 0.1) is 18.1 Å². The van der Waals surface area contributed by atoms with Gasteiger partial charge in [0.25, 0.3) is 0 Å². The van der Waals surface area contributed by atoms with Crippen LogP contribution in [-0.4, -0.2) is 34.4 Å². The standard InChI is InChI=1S/C13H16N4O3S/c1-9-12(17(18)19)13(15(2)14-9)16-5-6-20-10(8-16)11-4-3-7-21-11/h3-4,7,10H,5-6,8H2,1-2H3. The van der Waals surface area contributed by atoms with E-state index in [2.05, 4.69) is 5.10 Å². The molecule has 1 fully saturated rings. The topological polar surface area (TPSA) is 73.4 Å². The smallest absolute Gasteiger partial charge is 0.333 e. The van der Waals surface area contributed by atoms with Crippen LogP contribution in [-0.2, 0) is 11.8 Å². The van der Waals surface area contributed by atoms with E-state index in [1.165, 1.54) is 0 Å². The third-order valence-electron chi connectivity index (χ3n) is 3.57. The first-order valence-corrected chi connectivity index (χ1v) is 7.54. The molecule has 1 atom stereocenters. The lowest BCUT2D eigenvalue weighted by molar-refractivity contribution is -0.384. The number of anilines is 1. The second kappa shape index (κ2) is 5.45. The number of aromatic nitrogens is 2. The van der Waals surface area contributed by atoms with E-state index in [9.17, 15) is 10.1 Å². The van der Waals surface area contributed by atoms with Crippen LogP contribution in [0.2, 0.25) is 0 Å². The minimum Gasteiger partial charge on any atom is -0.369 e. The van der Waals surface area contributed by atoms with Crippen molar-refractivity contribution in [3.63, 3.8) is 0 Å². The third kappa shape index (κ3) is 2.52. The monoisotopic (exact) mass is 308 g/mol. The predicted molar refractivity (Wildman–Crippen MR) is 79.8 cm³/mol. The molecule has 2 aromatic rings. The zero-order valence-corrected chi connectivity index (χ0v) is 12.7. The molecule has 21 heavy (non-hydrogen) atoms. The summed E-state index contributed by atoms with van der Waals surface area (Å²) in [7, 11) is 1.74. The highest BCUT2D eigenvalue weighted by Crippen LogP contribution is 2.35. The summed E-state index contributed by atoms with van der Waals surface area (Å²) in [5.41, 5.74) is 0.529. The second-order valence-electron chi connectivity index (χ2n) is 4.96. The van der Waals surface area contributed by atoms with Crippen LogP contribution in [0.15, 0.2) is 17.5 Å². The van der Waals surface area contributed by atoms with Gasteiger partial charge < -0.3 is 9.64 Å². The van der Waals surface area contributed by atoms with Crippen LogP contribution in [0.3, 0.4) is 0 Å². The second-order valence-corrected chi connectivity index (χ2v) is 5.94. The number of hydrogen-bond acceptors (Lipinski definition) is 6. The first-order chi connectivity index (χ1) is 10.1. The van der Waals surface area contributed by atoms with Crippen molar-refractivity contribution >= 4 is 22.8 Å². The normalized spacial score (nSPS) is 19.0. The molecule has 0 amide bonds. The van der Waals surface area contributed by atoms with Crippen molar-refractivity contribution in [2.75, 3.05) is 24.6 Å². The lowest BCUT2D eigenvalue weighted by atomic mass is 10.2. The van der Waals surface area contributed by atoms with Crippen molar-refractivity contribution in [1.82, 2.24) is 9.78 Å². The number of nitrogens with zero attached hydrogens (tertiary/aromatic N) is 4. The van der Waals surface area contributed by atoms with Crippen molar-refractivity contribution in [1.29, 1.82) is 0 Å². The Labute approximate surface area is 125 Å². The highest BCUT2D eigenvalue weighted by atomic mass is 32.1. The van der Waals surface area contributed by atoms with Crippen molar-refractivity contribution in [3.8, 4) is 0 Å². The molecule has 2 aromatic heterocycles. The highest BCUT2D eigenvalue weighted by Gasteiger charge is 2.32. The largest absolute Gasteiger partial charge is 0.369 e. The predicted octanol–water partition coefficient (Wildman–Crippen LogP) is 2.28. The Morgan fingerprint density at radius 1 is 1.57 bits per heavy atom. The zero-order chi connectivity index (χ0) is 15.0. The fraction of sp³-hybridized carbons (Fsp3) is 0.462. The van der Waals surface area contributed by atoms with Gasteiger partial charge in [0, 0.05) is 18.5 Å². The maximum absolute atomic E-state index is 11.3. The van der Waals surface area contributed by atoms with Crippen LogP contribution in [0.25, 0.3) is 0 Å². The Morgan fingerprint density at radius 2 is 2.38 bits per heavy atom. The third-order valence-corrected chi connectivity index (χ3v) is 4.53. The van der Waals surface area contributed by atoms with Gasteiger partial charge in [-0.2, -0.15) is 5.10 Å². The van der Waals surface area contributed by atoms with Gasteiger partial charge in [-0.1, -0.05) is 6.07 Å². The average Bonchev–Trinajstić information content (AvgIpc) is 3.06. The molecule has 1 saturated heterocycles. The summed E-state index contributed by atoms with van der Waals surface area (Å²) in [4.78, 5) is 14.1. The van der Waals surface area contributed by atoms with Gasteiger partial charge in [-0.25, -0.2) is 4.68 Å². The molecule has 1 aliphatic heterocycles. The Hall–Kier alpha value is -1.93. The van der Waals surface area contributed by atoms with Crippen molar-refractivity contribution < 1.29 is 9.66 Å². The minimum atomic E-state index is -0.354. The Kier molecular flexibility index (Phi) is 3.64. The fourth-order valence-electron chi connectivity index (χ4n) is 2.69. The van der Waals surface area contributed by atoms with Crippen molar-refractivity contribution in [2.24, 2.45) is 7.05 Å². The van der Waals surface area contributed by atoms with Crippen LogP contribution < -0.4 is 4.90 Å². The van der Waals surface area contributed by atoms with E-state index in [0.717, 1.165) is 4.88 Å². The van der Waals surface area contributed by atoms with Crippen molar-refractivity contribution in [3.05, 3.63) is 38.2 Å². The van der Waals surface area contributed by atoms with Gasteiger partial charge in [0.2, 0.25) is 5.82 Å². The molecule has 112 valence electrons. The molecule has 0 N–H and O–H groups in total. The number of ether oxygens (including phenoxy) is 1. The maximum Gasteiger partial charge on any atom is 0.333 e. The number of rotatable bonds is 3. The van der Waals surface area contributed by atoms with E-state index in [-0.39, 0.29) is 16.7 Å². The van der Waals surface area contributed by atoms with E-state index in [0.29, 0.717) is 31.2 Å². The van der Waals surface area contributed by atoms with Crippen LogP contribution in [0.1, 0.15) is 16.7 Å². The summed E-state index contributed by atoms with van der Waals surface area (Å²) in [6.45, 7) is 3.44. The average molecular weight is 308 g/mol. The summed E-state index contributed by atoms with van der Waals surface area (Å²) in [5, 5.41) is 17.5. The quantitative estimate of drug-likeness (QED) is 0.642. The summed E-state index contributed by atoms with van der Waals surface area (Å²) in [5.74, 6) is 0.558. The molecule has 8 heteroatoms. The van der Waals surface area contributed by atoms with Crippen LogP contribution in [0.5, 0.6) is 0 Å². The van der Waals surface area contributed by atoms with E-state index in [1.807, 2.05) is 22.4 Å². The highest BCUT2D eigenvalue weighted by molar-refractivity contribution is 7.10. The molecule has 0 bridgehead atoms. The van der Waals surface area contributed by atoms with Gasteiger partial charge in [-0.05, 0) is 18.4 Å². The number of thiophene rings is 1. The van der Waals surface area contributed by atoms with Gasteiger partial charge in [-0.3, -0.25) is 10.1 Å². The molecule has 7 nitrogen and oxygen atoms in total. The van der Waals surface area contributed by atoms with Gasteiger partial charge in [0.15, 0.2) is 0 Å². The molecule has 0 saturated carbocycles. The molecular weight excluding hydrogens is 292 g/mol. The van der Waals surface area contributed by atoms with Crippen LogP contribution in [0.4, 0.5) is 11.5 Å². The number of aryl methyl sites for hydroxylation is 2. The van der Waals surface area contributed by atoms with Gasteiger partial charge >= 0.3 is 5.69 Å².